The molecule has 0 bridgehead atoms. The molecule has 1 fully saturated rings. The van der Waals surface area contributed by atoms with Gasteiger partial charge in [-0.05, 0) is 56.2 Å². The topological polar surface area (TPSA) is 79.3 Å². The number of aryl methyl sites for hydroxylation is 1. The van der Waals surface area contributed by atoms with Gasteiger partial charge in [0.05, 0.1) is 11.3 Å². The van der Waals surface area contributed by atoms with Crippen LogP contribution < -0.4 is 5.32 Å². The fraction of sp³-hybridized carbons (Fsp3) is 0.522. The number of carboxylic acids is 1. The number of carbonyl (C=O) groups excluding carboxylic acids is 1. The Balaban J connectivity index is 1.64. The Bertz CT molecular complexity index is 920. The highest BCUT2D eigenvalue weighted by atomic mass is 32.2. The fourth-order valence-electron chi connectivity index (χ4n) is 4.51. The Morgan fingerprint density at radius 1 is 1.07 bits per heavy atom. The monoisotopic (exact) mass is 412 g/mol. The minimum absolute atomic E-state index is 0.0296. The van der Waals surface area contributed by atoms with E-state index in [0.29, 0.717) is 5.56 Å². The first-order valence-electron chi connectivity index (χ1n) is 10.7. The number of benzene rings is 1. The highest BCUT2D eigenvalue weighted by Gasteiger charge is 2.21. The molecule has 1 aromatic carbocycles. The van der Waals surface area contributed by atoms with Crippen molar-refractivity contribution in [2.24, 2.45) is 0 Å². The summed E-state index contributed by atoms with van der Waals surface area (Å²) in [5, 5.41) is 13.3. The van der Waals surface area contributed by atoms with Gasteiger partial charge in [0, 0.05) is 27.6 Å². The molecule has 0 unspecified atom stereocenters. The number of thioether (sulfide) groups is 1. The van der Waals surface area contributed by atoms with Gasteiger partial charge in [0.1, 0.15) is 0 Å². The van der Waals surface area contributed by atoms with Gasteiger partial charge in [-0.15, -0.1) is 11.8 Å². The van der Waals surface area contributed by atoms with Crippen LogP contribution in [0.15, 0.2) is 23.1 Å². The van der Waals surface area contributed by atoms with Gasteiger partial charge in [-0.2, -0.15) is 0 Å². The summed E-state index contributed by atoms with van der Waals surface area (Å²) in [6.07, 6.45) is 11.1. The molecule has 6 heteroatoms. The molecule has 0 spiro atoms. The van der Waals surface area contributed by atoms with E-state index in [1.54, 1.807) is 0 Å². The van der Waals surface area contributed by atoms with Gasteiger partial charge in [-0.25, -0.2) is 0 Å². The Kier molecular flexibility index (Phi) is 6.38. The minimum Gasteiger partial charge on any atom is -0.481 e. The molecule has 29 heavy (non-hydrogen) atoms. The lowest BCUT2D eigenvalue weighted by Crippen LogP contribution is -2.34. The first-order valence-corrected chi connectivity index (χ1v) is 11.7. The van der Waals surface area contributed by atoms with Crippen molar-refractivity contribution in [1.82, 2.24) is 10.3 Å². The van der Waals surface area contributed by atoms with E-state index in [-0.39, 0.29) is 17.7 Å². The van der Waals surface area contributed by atoms with Crippen LogP contribution in [-0.2, 0) is 17.6 Å². The lowest BCUT2D eigenvalue weighted by molar-refractivity contribution is -0.133. The number of rotatable bonds is 5. The molecule has 2 aliphatic carbocycles. The summed E-state index contributed by atoms with van der Waals surface area (Å²) < 4.78 is 0. The van der Waals surface area contributed by atoms with Crippen LogP contribution >= 0.6 is 11.8 Å². The van der Waals surface area contributed by atoms with Crippen molar-refractivity contribution in [3.8, 4) is 0 Å². The Hall–Kier alpha value is -2.08. The molecule has 2 N–H and O–H groups in total. The molecule has 154 valence electrons. The summed E-state index contributed by atoms with van der Waals surface area (Å²) in [5.41, 5.74) is 3.70. The van der Waals surface area contributed by atoms with E-state index in [4.69, 9.17) is 10.1 Å². The number of hydrogen-bond donors (Lipinski definition) is 2. The molecular formula is C23H28N2O3S. The van der Waals surface area contributed by atoms with E-state index >= 15 is 0 Å². The molecule has 2 aromatic rings. The lowest BCUT2D eigenvalue weighted by Gasteiger charge is -2.21. The van der Waals surface area contributed by atoms with Crippen LogP contribution in [0.4, 0.5) is 0 Å². The maximum Gasteiger partial charge on any atom is 0.313 e. The number of amides is 1. The van der Waals surface area contributed by atoms with Crippen molar-refractivity contribution in [2.75, 3.05) is 5.75 Å². The quantitative estimate of drug-likeness (QED) is 0.548. The van der Waals surface area contributed by atoms with Crippen LogP contribution in [-0.4, -0.2) is 33.8 Å². The molecule has 5 nitrogen and oxygen atoms in total. The molecule has 0 aliphatic heterocycles. The standard InChI is InChI=1S/C23H28N2O3S/c26-21(27)14-29-22-17-9-5-6-10-19(17)25-20-13-15(11-12-18(20)22)23(28)24-16-7-3-1-2-4-8-16/h11-13,16H,1-10,14H2,(H,24,28)(H,26,27). The zero-order chi connectivity index (χ0) is 20.2. The normalized spacial score (nSPS) is 17.5. The second-order valence-electron chi connectivity index (χ2n) is 8.15. The first kappa shape index (κ1) is 20.2. The number of hydrogen-bond acceptors (Lipinski definition) is 4. The van der Waals surface area contributed by atoms with Crippen LogP contribution in [0.3, 0.4) is 0 Å². The second-order valence-corrected chi connectivity index (χ2v) is 9.14. The largest absolute Gasteiger partial charge is 0.481 e. The molecule has 0 atom stereocenters. The lowest BCUT2D eigenvalue weighted by atomic mass is 9.94. The number of aliphatic carboxylic acids is 1. The fourth-order valence-corrected chi connectivity index (χ4v) is 5.50. The Morgan fingerprint density at radius 2 is 1.83 bits per heavy atom. The molecule has 0 saturated heterocycles. The van der Waals surface area contributed by atoms with Crippen LogP contribution in [0.2, 0.25) is 0 Å². The third-order valence-electron chi connectivity index (χ3n) is 6.00. The van der Waals surface area contributed by atoms with Gasteiger partial charge in [0.2, 0.25) is 0 Å². The number of aromatic nitrogens is 1. The van der Waals surface area contributed by atoms with E-state index in [0.717, 1.165) is 60.0 Å². The number of fused-ring (bicyclic) bond motifs is 2. The molecule has 2 aliphatic rings. The summed E-state index contributed by atoms with van der Waals surface area (Å²) >= 11 is 1.38. The maximum atomic E-state index is 12.8. The molecule has 1 saturated carbocycles. The van der Waals surface area contributed by atoms with E-state index in [2.05, 4.69) is 5.32 Å². The number of nitrogens with zero attached hydrogens (tertiary/aromatic N) is 1. The Labute approximate surface area is 175 Å². The zero-order valence-corrected chi connectivity index (χ0v) is 17.5. The van der Waals surface area contributed by atoms with Crippen molar-refractivity contribution in [3.05, 3.63) is 35.0 Å². The van der Waals surface area contributed by atoms with Crippen molar-refractivity contribution < 1.29 is 14.7 Å². The number of carbonyl (C=O) groups is 2. The van der Waals surface area contributed by atoms with Gasteiger partial charge >= 0.3 is 5.97 Å². The van der Waals surface area contributed by atoms with Crippen molar-refractivity contribution in [3.63, 3.8) is 0 Å². The number of pyridine rings is 1. The van der Waals surface area contributed by atoms with Crippen molar-refractivity contribution >= 4 is 34.5 Å². The predicted octanol–water partition coefficient (Wildman–Crippen LogP) is 4.74. The van der Waals surface area contributed by atoms with E-state index in [9.17, 15) is 9.59 Å². The van der Waals surface area contributed by atoms with Gasteiger partial charge in [0.25, 0.3) is 5.91 Å². The maximum absolute atomic E-state index is 12.8. The third kappa shape index (κ3) is 4.74. The van der Waals surface area contributed by atoms with Crippen molar-refractivity contribution in [2.45, 2.75) is 75.1 Å². The SMILES string of the molecule is O=C(O)CSc1c2c(nc3cc(C(=O)NC4CCCCCC4)ccc13)CCCC2. The highest BCUT2D eigenvalue weighted by Crippen LogP contribution is 2.36. The molecule has 1 heterocycles. The zero-order valence-electron chi connectivity index (χ0n) is 16.7. The molecule has 1 aromatic heterocycles. The molecule has 1 amide bonds. The number of nitrogens with one attached hydrogen (secondary N) is 1. The summed E-state index contributed by atoms with van der Waals surface area (Å²) in [5.74, 6) is -0.808. The van der Waals surface area contributed by atoms with Crippen LogP contribution in [0.1, 0.15) is 73.0 Å². The van der Waals surface area contributed by atoms with Gasteiger partial charge in [-0.3, -0.25) is 14.6 Å². The van der Waals surface area contributed by atoms with Crippen LogP contribution in [0.5, 0.6) is 0 Å². The van der Waals surface area contributed by atoms with E-state index in [1.165, 1.54) is 43.0 Å². The predicted molar refractivity (Wildman–Crippen MR) is 116 cm³/mol. The second kappa shape index (κ2) is 9.16. The smallest absolute Gasteiger partial charge is 0.313 e. The minimum atomic E-state index is -0.816. The third-order valence-corrected chi connectivity index (χ3v) is 7.15. The molecular weight excluding hydrogens is 384 g/mol. The number of carboxylic acid groups (broad SMARTS) is 1. The highest BCUT2D eigenvalue weighted by molar-refractivity contribution is 8.00. The molecule has 0 radical (unpaired) electrons. The van der Waals surface area contributed by atoms with E-state index < -0.39 is 5.97 Å². The average molecular weight is 413 g/mol. The van der Waals surface area contributed by atoms with E-state index in [1.807, 2.05) is 18.2 Å². The molecule has 4 rings (SSSR count). The van der Waals surface area contributed by atoms with Crippen LogP contribution in [0, 0.1) is 0 Å². The Morgan fingerprint density at radius 3 is 2.59 bits per heavy atom. The van der Waals surface area contributed by atoms with Gasteiger partial charge < -0.3 is 10.4 Å². The summed E-state index contributed by atoms with van der Waals surface area (Å²) in [6.45, 7) is 0. The summed E-state index contributed by atoms with van der Waals surface area (Å²) in [7, 11) is 0. The van der Waals surface area contributed by atoms with Gasteiger partial charge in [-0.1, -0.05) is 31.7 Å². The van der Waals surface area contributed by atoms with Crippen LogP contribution in [0.25, 0.3) is 10.9 Å². The van der Waals surface area contributed by atoms with Crippen molar-refractivity contribution in [1.29, 1.82) is 0 Å². The summed E-state index contributed by atoms with van der Waals surface area (Å²) in [6, 6.07) is 5.94. The average Bonchev–Trinajstić information content (AvgIpc) is 2.99. The van der Waals surface area contributed by atoms with Gasteiger partial charge in [0.15, 0.2) is 0 Å². The first-order chi connectivity index (χ1) is 14.1. The summed E-state index contributed by atoms with van der Waals surface area (Å²) in [4.78, 5) is 29.9.